The number of aryl methyl sites for hydroxylation is 1. The number of hydrogen-bond acceptors (Lipinski definition) is 8. The van der Waals surface area contributed by atoms with E-state index in [0.29, 0.717) is 45.0 Å². The van der Waals surface area contributed by atoms with Crippen molar-refractivity contribution in [3.8, 4) is 5.75 Å². The van der Waals surface area contributed by atoms with Crippen molar-refractivity contribution < 1.29 is 18.7 Å². The van der Waals surface area contributed by atoms with Crippen LogP contribution in [0.3, 0.4) is 0 Å². The van der Waals surface area contributed by atoms with E-state index in [2.05, 4.69) is 20.6 Å². The minimum absolute atomic E-state index is 0.00240. The first-order valence-electron chi connectivity index (χ1n) is 11.0. The van der Waals surface area contributed by atoms with Crippen LogP contribution in [0.1, 0.15) is 40.9 Å². The molecule has 1 saturated carbocycles. The molecule has 2 heterocycles. The largest absolute Gasteiger partial charge is 0.488 e. The van der Waals surface area contributed by atoms with E-state index in [1.807, 2.05) is 6.92 Å². The summed E-state index contributed by atoms with van der Waals surface area (Å²) >= 11 is 1.23. The molecule has 0 aliphatic heterocycles. The fraction of sp³-hybridized carbons (Fsp3) is 0.435. The highest BCUT2D eigenvalue weighted by atomic mass is 32.1. The number of halogens is 1. The van der Waals surface area contributed by atoms with Crippen LogP contribution in [0.25, 0.3) is 10.2 Å². The van der Waals surface area contributed by atoms with E-state index in [0.717, 1.165) is 37.8 Å². The van der Waals surface area contributed by atoms with Crippen LogP contribution in [0.4, 0.5) is 15.9 Å². The van der Waals surface area contributed by atoms with E-state index in [9.17, 15) is 9.18 Å². The molecule has 1 aromatic carbocycles. The Morgan fingerprint density at radius 3 is 2.79 bits per heavy atom. The second kappa shape index (κ2) is 10.4. The van der Waals surface area contributed by atoms with Gasteiger partial charge in [-0.25, -0.2) is 14.4 Å². The van der Waals surface area contributed by atoms with Crippen molar-refractivity contribution in [1.82, 2.24) is 15.3 Å². The molecule has 1 amide bonds. The average Bonchev–Trinajstić information content (AvgIpc) is 3.15. The molecule has 2 aromatic heterocycles. The van der Waals surface area contributed by atoms with Gasteiger partial charge in [0.05, 0.1) is 28.7 Å². The van der Waals surface area contributed by atoms with Crippen molar-refractivity contribution in [3.05, 3.63) is 40.8 Å². The number of fused-ring (bicyclic) bond motifs is 1. The zero-order chi connectivity index (χ0) is 23.4. The van der Waals surface area contributed by atoms with Gasteiger partial charge >= 0.3 is 0 Å². The molecule has 3 aromatic rings. The number of methoxy groups -OCH3 is 1. The summed E-state index contributed by atoms with van der Waals surface area (Å²) in [6, 6.07) is 4.84. The number of benzene rings is 1. The van der Waals surface area contributed by atoms with Crippen LogP contribution in [0.15, 0.2) is 24.5 Å². The molecular weight excluding hydrogens is 445 g/mol. The van der Waals surface area contributed by atoms with Gasteiger partial charge in [0.15, 0.2) is 0 Å². The first-order valence-corrected chi connectivity index (χ1v) is 11.8. The van der Waals surface area contributed by atoms with E-state index < -0.39 is 5.91 Å². The Morgan fingerprint density at radius 1 is 1.27 bits per heavy atom. The zero-order valence-corrected chi connectivity index (χ0v) is 19.5. The Bertz CT molecular complexity index is 1130. The highest BCUT2D eigenvalue weighted by Gasteiger charge is 2.24. The van der Waals surface area contributed by atoms with Gasteiger partial charge in [-0.2, -0.15) is 0 Å². The Morgan fingerprint density at radius 2 is 2.06 bits per heavy atom. The summed E-state index contributed by atoms with van der Waals surface area (Å²) in [5.41, 5.74) is 6.82. The maximum atomic E-state index is 14.1. The van der Waals surface area contributed by atoms with E-state index in [4.69, 9.17) is 15.2 Å². The molecule has 33 heavy (non-hydrogen) atoms. The molecule has 4 rings (SSSR count). The Balaban J connectivity index is 1.51. The molecule has 0 spiro atoms. The number of hydrogen-bond donors (Lipinski definition) is 3. The van der Waals surface area contributed by atoms with Crippen molar-refractivity contribution >= 4 is 39.0 Å². The molecule has 0 atom stereocenters. The standard InChI is InChI=1S/C23H28FN5O3S/c1-13-19-22(27-12-28-23(19)33-20(13)21(25)30)29-17-8-3-14(24)11-18(17)32-16-6-4-15(5-7-16)26-9-10-31-2/h3,8,11-12,15-16,26H,4-7,9-10H2,1-2H3,(H2,25,30)(H,27,28,29)/t15-,16+. The molecule has 0 radical (unpaired) electrons. The Kier molecular flexibility index (Phi) is 7.36. The minimum atomic E-state index is -0.500. The highest BCUT2D eigenvalue weighted by Crippen LogP contribution is 2.37. The zero-order valence-electron chi connectivity index (χ0n) is 18.7. The van der Waals surface area contributed by atoms with Gasteiger partial charge in [-0.3, -0.25) is 4.79 Å². The Hall–Kier alpha value is -2.82. The van der Waals surface area contributed by atoms with E-state index in [1.54, 1.807) is 13.2 Å². The lowest BCUT2D eigenvalue weighted by molar-refractivity contribution is 0.100. The lowest BCUT2D eigenvalue weighted by atomic mass is 9.93. The van der Waals surface area contributed by atoms with Gasteiger partial charge in [-0.1, -0.05) is 0 Å². The van der Waals surface area contributed by atoms with Crippen molar-refractivity contribution in [1.29, 1.82) is 0 Å². The first-order chi connectivity index (χ1) is 16.0. The number of thiophene rings is 1. The third-order valence-electron chi connectivity index (χ3n) is 5.85. The van der Waals surface area contributed by atoms with Crippen LogP contribution in [0.5, 0.6) is 5.75 Å². The number of amides is 1. The van der Waals surface area contributed by atoms with Crippen molar-refractivity contribution in [2.75, 3.05) is 25.6 Å². The SMILES string of the molecule is COCCN[C@H]1CC[C@@H](Oc2cc(F)ccc2Nc2ncnc3sc(C(N)=O)c(C)c23)CC1. The molecule has 8 nitrogen and oxygen atoms in total. The smallest absolute Gasteiger partial charge is 0.259 e. The summed E-state index contributed by atoms with van der Waals surface area (Å²) in [4.78, 5) is 21.5. The maximum Gasteiger partial charge on any atom is 0.259 e. The molecule has 0 bridgehead atoms. The number of nitrogens with one attached hydrogen (secondary N) is 2. The quantitative estimate of drug-likeness (QED) is 0.404. The second-order valence-corrected chi connectivity index (χ2v) is 9.13. The molecular formula is C23H28FN5O3S. The third kappa shape index (κ3) is 5.40. The van der Waals surface area contributed by atoms with Crippen molar-refractivity contribution in [2.45, 2.75) is 44.8 Å². The number of carbonyl (C=O) groups is 1. The van der Waals surface area contributed by atoms with Crippen LogP contribution >= 0.6 is 11.3 Å². The molecule has 1 aliphatic rings. The van der Waals surface area contributed by atoms with Crippen LogP contribution in [-0.2, 0) is 4.74 Å². The van der Waals surface area contributed by atoms with Gasteiger partial charge < -0.3 is 25.8 Å². The predicted octanol–water partition coefficient (Wildman–Crippen LogP) is 3.91. The van der Waals surface area contributed by atoms with Gasteiger partial charge in [0.2, 0.25) is 0 Å². The topological polar surface area (TPSA) is 111 Å². The van der Waals surface area contributed by atoms with Gasteiger partial charge in [0, 0.05) is 25.8 Å². The molecule has 1 fully saturated rings. The minimum Gasteiger partial charge on any atom is -0.488 e. The molecule has 0 saturated heterocycles. The number of ether oxygens (including phenoxy) is 2. The molecule has 1 aliphatic carbocycles. The highest BCUT2D eigenvalue weighted by molar-refractivity contribution is 7.20. The lowest BCUT2D eigenvalue weighted by Crippen LogP contribution is -2.37. The number of rotatable bonds is 9. The van der Waals surface area contributed by atoms with E-state index in [-0.39, 0.29) is 11.9 Å². The average molecular weight is 474 g/mol. The fourth-order valence-corrected chi connectivity index (χ4v) is 5.16. The van der Waals surface area contributed by atoms with Crippen LogP contribution < -0.4 is 21.1 Å². The summed E-state index contributed by atoms with van der Waals surface area (Å²) < 4.78 is 25.4. The van der Waals surface area contributed by atoms with Gasteiger partial charge in [0.1, 0.15) is 28.5 Å². The summed E-state index contributed by atoms with van der Waals surface area (Å²) in [5, 5.41) is 7.46. The van der Waals surface area contributed by atoms with Gasteiger partial charge in [-0.05, 0) is 50.3 Å². The summed E-state index contributed by atoms with van der Waals surface area (Å²) in [5.74, 6) is 0.0740. The molecule has 176 valence electrons. The van der Waals surface area contributed by atoms with Crippen LogP contribution in [0, 0.1) is 12.7 Å². The first kappa shape index (κ1) is 23.3. The van der Waals surface area contributed by atoms with Gasteiger partial charge in [0.25, 0.3) is 5.91 Å². The maximum absolute atomic E-state index is 14.1. The van der Waals surface area contributed by atoms with Gasteiger partial charge in [-0.15, -0.1) is 11.3 Å². The summed E-state index contributed by atoms with van der Waals surface area (Å²) in [7, 11) is 1.69. The number of nitrogens with two attached hydrogens (primary N) is 1. The third-order valence-corrected chi connectivity index (χ3v) is 7.07. The lowest BCUT2D eigenvalue weighted by Gasteiger charge is -2.30. The number of carbonyl (C=O) groups excluding carboxylic acids is 1. The number of nitrogens with zero attached hydrogens (tertiary/aromatic N) is 2. The molecule has 10 heteroatoms. The monoisotopic (exact) mass is 473 g/mol. The summed E-state index contributed by atoms with van der Waals surface area (Å²) in [6.07, 6.45) is 5.16. The summed E-state index contributed by atoms with van der Waals surface area (Å²) in [6.45, 7) is 3.34. The molecule has 0 unspecified atom stereocenters. The van der Waals surface area contributed by atoms with Crippen LogP contribution in [-0.4, -0.2) is 48.3 Å². The fourth-order valence-electron chi connectivity index (χ4n) is 4.16. The number of aromatic nitrogens is 2. The van der Waals surface area contributed by atoms with E-state index in [1.165, 1.54) is 29.8 Å². The van der Waals surface area contributed by atoms with Crippen molar-refractivity contribution in [3.63, 3.8) is 0 Å². The number of anilines is 2. The predicted molar refractivity (Wildman–Crippen MR) is 127 cm³/mol. The molecule has 4 N–H and O–H groups in total. The second-order valence-electron chi connectivity index (χ2n) is 8.13. The van der Waals surface area contributed by atoms with Crippen molar-refractivity contribution in [2.24, 2.45) is 5.73 Å². The normalized spacial score (nSPS) is 18.4. The number of primary amides is 1. The Labute approximate surface area is 195 Å². The van der Waals surface area contributed by atoms with Crippen LogP contribution in [0.2, 0.25) is 0 Å². The van der Waals surface area contributed by atoms with E-state index >= 15 is 0 Å².